The van der Waals surface area contributed by atoms with Gasteiger partial charge in [-0.05, 0) is 57.6 Å². The van der Waals surface area contributed by atoms with Crippen LogP contribution >= 0.6 is 0 Å². The second kappa shape index (κ2) is 8.59. The lowest BCUT2D eigenvalue weighted by Crippen LogP contribution is -2.48. The van der Waals surface area contributed by atoms with Crippen molar-refractivity contribution in [2.24, 2.45) is 0 Å². The molecule has 150 valence electrons. The summed E-state index contributed by atoms with van der Waals surface area (Å²) in [6.07, 6.45) is 3.20. The zero-order chi connectivity index (χ0) is 20.3. The Bertz CT molecular complexity index is 855. The summed E-state index contributed by atoms with van der Waals surface area (Å²) in [7, 11) is 0. The fourth-order valence-corrected chi connectivity index (χ4v) is 3.98. The van der Waals surface area contributed by atoms with E-state index in [0.29, 0.717) is 32.4 Å². The molecule has 3 rings (SSSR count). The number of aryl methyl sites for hydroxylation is 2. The van der Waals surface area contributed by atoms with Gasteiger partial charge in [0.1, 0.15) is 6.04 Å². The van der Waals surface area contributed by atoms with Crippen molar-refractivity contribution in [3.05, 3.63) is 52.3 Å². The minimum Gasteiger partial charge on any atom is -0.480 e. The van der Waals surface area contributed by atoms with E-state index in [0.717, 1.165) is 29.8 Å². The smallest absolute Gasteiger partial charge is 0.326 e. The topological polar surface area (TPSA) is 75.4 Å². The lowest BCUT2D eigenvalue weighted by atomic mass is 10.0. The van der Waals surface area contributed by atoms with E-state index in [-0.39, 0.29) is 5.91 Å². The maximum atomic E-state index is 12.7. The van der Waals surface area contributed by atoms with Gasteiger partial charge in [0, 0.05) is 18.7 Å². The Morgan fingerprint density at radius 2 is 1.86 bits per heavy atom. The van der Waals surface area contributed by atoms with Gasteiger partial charge in [0.15, 0.2) is 0 Å². The second-order valence-corrected chi connectivity index (χ2v) is 7.73. The minimum atomic E-state index is -0.897. The normalized spacial score (nSPS) is 17.0. The van der Waals surface area contributed by atoms with E-state index < -0.39 is 12.0 Å². The predicted octanol–water partition coefficient (Wildman–Crippen LogP) is 3.25. The van der Waals surface area contributed by atoms with E-state index >= 15 is 0 Å². The summed E-state index contributed by atoms with van der Waals surface area (Å²) in [6.45, 7) is 7.32. The molecule has 1 atom stereocenters. The molecule has 28 heavy (non-hydrogen) atoms. The first-order valence-corrected chi connectivity index (χ1v) is 9.97. The Balaban J connectivity index is 1.67. The highest BCUT2D eigenvalue weighted by Gasteiger charge is 2.31. The predicted molar refractivity (Wildman–Crippen MR) is 107 cm³/mol. The average Bonchev–Trinajstić information content (AvgIpc) is 2.94. The molecule has 6 nitrogen and oxygen atoms in total. The first-order valence-electron chi connectivity index (χ1n) is 9.97. The molecule has 0 radical (unpaired) electrons. The number of carboxylic acid groups (broad SMARTS) is 1. The molecule has 0 bridgehead atoms. The van der Waals surface area contributed by atoms with Crippen LogP contribution in [0.5, 0.6) is 0 Å². The van der Waals surface area contributed by atoms with Gasteiger partial charge in [0.05, 0.1) is 12.2 Å². The zero-order valence-corrected chi connectivity index (χ0v) is 16.9. The van der Waals surface area contributed by atoms with Crippen molar-refractivity contribution in [3.63, 3.8) is 0 Å². The molecule has 1 aromatic carbocycles. The molecule has 2 heterocycles. The van der Waals surface area contributed by atoms with Crippen molar-refractivity contribution in [2.75, 3.05) is 6.54 Å². The molecule has 0 aliphatic carbocycles. The van der Waals surface area contributed by atoms with Gasteiger partial charge in [-0.1, -0.05) is 29.8 Å². The second-order valence-electron chi connectivity index (χ2n) is 7.73. The molecule has 1 saturated heterocycles. The van der Waals surface area contributed by atoms with Crippen LogP contribution in [0, 0.1) is 20.8 Å². The van der Waals surface area contributed by atoms with Gasteiger partial charge in [0.2, 0.25) is 5.91 Å². The number of aromatic nitrogens is 2. The maximum absolute atomic E-state index is 12.7. The zero-order valence-electron chi connectivity index (χ0n) is 16.9. The molecule has 2 aromatic rings. The molecule has 1 N–H and O–H groups in total. The Morgan fingerprint density at radius 1 is 1.14 bits per heavy atom. The standard InChI is InChI=1S/C22H29N3O3/c1-15-7-9-18(10-8-15)14-25-17(3)19(16(2)23-25)11-12-21(26)24-13-5-4-6-20(24)22(27)28/h7-10,20H,4-6,11-14H2,1-3H3,(H,27,28)/t20-/m1/s1. The Kier molecular flexibility index (Phi) is 6.17. The molecule has 1 aromatic heterocycles. The number of amides is 1. The van der Waals surface area contributed by atoms with E-state index in [1.165, 1.54) is 11.1 Å². The summed E-state index contributed by atoms with van der Waals surface area (Å²) in [5.41, 5.74) is 5.51. The van der Waals surface area contributed by atoms with Crippen LogP contribution < -0.4 is 0 Å². The maximum Gasteiger partial charge on any atom is 0.326 e. The Hall–Kier alpha value is -2.63. The fraction of sp³-hybridized carbons (Fsp3) is 0.500. The number of likely N-dealkylation sites (tertiary alicyclic amines) is 1. The van der Waals surface area contributed by atoms with Gasteiger partial charge >= 0.3 is 5.97 Å². The lowest BCUT2D eigenvalue weighted by Gasteiger charge is -2.33. The Labute approximate surface area is 166 Å². The number of carbonyl (C=O) groups is 2. The van der Waals surface area contributed by atoms with Crippen molar-refractivity contribution in [2.45, 2.75) is 65.5 Å². The first kappa shape index (κ1) is 20.1. The van der Waals surface area contributed by atoms with E-state index in [9.17, 15) is 14.7 Å². The summed E-state index contributed by atoms with van der Waals surface area (Å²) in [5, 5.41) is 14.0. The summed E-state index contributed by atoms with van der Waals surface area (Å²) in [5.74, 6) is -0.969. The molecule has 1 fully saturated rings. The monoisotopic (exact) mass is 383 g/mol. The third kappa shape index (κ3) is 4.43. The Morgan fingerprint density at radius 3 is 2.54 bits per heavy atom. The molecule has 0 spiro atoms. The summed E-state index contributed by atoms with van der Waals surface area (Å²) in [4.78, 5) is 25.7. The third-order valence-electron chi connectivity index (χ3n) is 5.68. The van der Waals surface area contributed by atoms with Crippen molar-refractivity contribution < 1.29 is 14.7 Å². The largest absolute Gasteiger partial charge is 0.480 e. The van der Waals surface area contributed by atoms with Crippen LogP contribution in [0.4, 0.5) is 0 Å². The SMILES string of the molecule is Cc1ccc(Cn2nc(C)c(CCC(=O)N3CCCC[C@@H]3C(=O)O)c2C)cc1. The number of carbonyl (C=O) groups excluding carboxylic acids is 1. The quantitative estimate of drug-likeness (QED) is 0.831. The number of hydrogen-bond donors (Lipinski definition) is 1. The van der Waals surface area contributed by atoms with Gasteiger partial charge in [0.25, 0.3) is 0 Å². The molecular weight excluding hydrogens is 354 g/mol. The number of carboxylic acids is 1. The molecule has 1 aliphatic rings. The fourth-order valence-electron chi connectivity index (χ4n) is 3.98. The van der Waals surface area contributed by atoms with E-state index in [4.69, 9.17) is 0 Å². The van der Waals surface area contributed by atoms with Gasteiger partial charge < -0.3 is 10.0 Å². The highest BCUT2D eigenvalue weighted by atomic mass is 16.4. The van der Waals surface area contributed by atoms with Gasteiger partial charge in [-0.25, -0.2) is 4.79 Å². The summed E-state index contributed by atoms with van der Waals surface area (Å²) in [6, 6.07) is 7.73. The number of piperidine rings is 1. The third-order valence-corrected chi connectivity index (χ3v) is 5.68. The van der Waals surface area contributed by atoms with Crippen molar-refractivity contribution in [3.8, 4) is 0 Å². The number of hydrogen-bond acceptors (Lipinski definition) is 3. The summed E-state index contributed by atoms with van der Waals surface area (Å²) >= 11 is 0. The highest BCUT2D eigenvalue weighted by Crippen LogP contribution is 2.21. The van der Waals surface area contributed by atoms with E-state index in [1.54, 1.807) is 4.90 Å². The first-order chi connectivity index (χ1) is 13.4. The number of aliphatic carboxylic acids is 1. The van der Waals surface area contributed by atoms with E-state index in [1.807, 2.05) is 18.5 Å². The van der Waals surface area contributed by atoms with Crippen molar-refractivity contribution in [1.29, 1.82) is 0 Å². The summed E-state index contributed by atoms with van der Waals surface area (Å²) < 4.78 is 1.99. The molecule has 1 aliphatic heterocycles. The van der Waals surface area contributed by atoms with Crippen LogP contribution in [-0.2, 0) is 22.6 Å². The van der Waals surface area contributed by atoms with Crippen LogP contribution in [0.25, 0.3) is 0 Å². The molecule has 1 amide bonds. The molecule has 6 heteroatoms. The number of benzene rings is 1. The van der Waals surface area contributed by atoms with Crippen LogP contribution in [0.3, 0.4) is 0 Å². The van der Waals surface area contributed by atoms with Gasteiger partial charge in [-0.15, -0.1) is 0 Å². The highest BCUT2D eigenvalue weighted by molar-refractivity contribution is 5.84. The average molecular weight is 383 g/mol. The molecule has 0 unspecified atom stereocenters. The molecular formula is C22H29N3O3. The van der Waals surface area contributed by atoms with Crippen molar-refractivity contribution in [1.82, 2.24) is 14.7 Å². The van der Waals surface area contributed by atoms with Crippen LogP contribution in [0.1, 0.15) is 53.8 Å². The molecule has 0 saturated carbocycles. The van der Waals surface area contributed by atoms with Crippen molar-refractivity contribution >= 4 is 11.9 Å². The van der Waals surface area contributed by atoms with Crippen LogP contribution in [0.2, 0.25) is 0 Å². The minimum absolute atomic E-state index is 0.0721. The van der Waals surface area contributed by atoms with Gasteiger partial charge in [-0.3, -0.25) is 9.48 Å². The number of nitrogens with zero attached hydrogens (tertiary/aromatic N) is 3. The van der Waals surface area contributed by atoms with Crippen LogP contribution in [0.15, 0.2) is 24.3 Å². The van der Waals surface area contributed by atoms with Gasteiger partial charge in [-0.2, -0.15) is 5.10 Å². The lowest BCUT2D eigenvalue weighted by molar-refractivity contribution is -0.152. The van der Waals surface area contributed by atoms with E-state index in [2.05, 4.69) is 36.3 Å². The number of rotatable bonds is 6. The van der Waals surface area contributed by atoms with Crippen LogP contribution in [-0.4, -0.2) is 44.3 Å².